The Balaban J connectivity index is 2.30. The number of hydrogen-bond donors (Lipinski definition) is 2. The van der Waals surface area contributed by atoms with Crippen molar-refractivity contribution in [1.29, 1.82) is 0 Å². The number of thiol groups is 1. The maximum atomic E-state index is 13.4. The lowest BCUT2D eigenvalue weighted by atomic mass is 9.78. The van der Waals surface area contributed by atoms with Crippen LogP contribution in [0.5, 0.6) is 0 Å². The Labute approximate surface area is 131 Å². The standard InChI is InChI=1S/C15H21BFNO2S/c1-14(2)15(3,4)20-16(19-14)11(9-21)5-10-6-12(17)8-13(18)7-10/h5-8,21H,9,18H2,1-4H3. The molecule has 21 heavy (non-hydrogen) atoms. The first-order valence-electron chi connectivity index (χ1n) is 6.88. The second-order valence-electron chi connectivity index (χ2n) is 6.28. The van der Waals surface area contributed by atoms with Crippen molar-refractivity contribution in [2.24, 2.45) is 0 Å². The van der Waals surface area contributed by atoms with Gasteiger partial charge in [0.15, 0.2) is 0 Å². The summed E-state index contributed by atoms with van der Waals surface area (Å²) in [7, 11) is -0.489. The zero-order valence-corrected chi connectivity index (χ0v) is 13.7. The van der Waals surface area contributed by atoms with E-state index in [1.807, 2.05) is 33.8 Å². The SMILES string of the molecule is CC1(C)OB(C(=Cc2cc(N)cc(F)c2)CS)OC1(C)C. The molecular weight excluding hydrogens is 288 g/mol. The third-order valence-electron chi connectivity index (χ3n) is 4.03. The van der Waals surface area contributed by atoms with Gasteiger partial charge in [-0.15, -0.1) is 0 Å². The minimum Gasteiger partial charge on any atom is -0.400 e. The van der Waals surface area contributed by atoms with E-state index in [-0.39, 0.29) is 5.82 Å². The number of nitrogens with two attached hydrogens (primary N) is 1. The Bertz CT molecular complexity index is 539. The van der Waals surface area contributed by atoms with Crippen LogP contribution >= 0.6 is 12.6 Å². The largest absolute Gasteiger partial charge is 0.491 e. The second-order valence-corrected chi connectivity index (χ2v) is 6.60. The van der Waals surface area contributed by atoms with Crippen LogP contribution in [-0.4, -0.2) is 24.1 Å². The van der Waals surface area contributed by atoms with Crippen molar-refractivity contribution < 1.29 is 13.7 Å². The van der Waals surface area contributed by atoms with Gasteiger partial charge in [-0.2, -0.15) is 12.6 Å². The molecule has 0 aromatic heterocycles. The zero-order valence-electron chi connectivity index (χ0n) is 12.8. The molecular formula is C15H21BFNO2S. The highest BCUT2D eigenvalue weighted by atomic mass is 32.1. The van der Waals surface area contributed by atoms with Gasteiger partial charge in [0.25, 0.3) is 0 Å². The Morgan fingerprint density at radius 3 is 2.29 bits per heavy atom. The van der Waals surface area contributed by atoms with Crippen LogP contribution in [0.25, 0.3) is 6.08 Å². The quantitative estimate of drug-likeness (QED) is 0.511. The summed E-state index contributed by atoms with van der Waals surface area (Å²) in [5.41, 5.74) is 6.72. The van der Waals surface area contributed by atoms with Gasteiger partial charge >= 0.3 is 7.12 Å². The lowest BCUT2D eigenvalue weighted by Gasteiger charge is -2.32. The van der Waals surface area contributed by atoms with Gasteiger partial charge in [-0.3, -0.25) is 0 Å². The summed E-state index contributed by atoms with van der Waals surface area (Å²) in [5.74, 6) is 0.0847. The summed E-state index contributed by atoms with van der Waals surface area (Å²) in [6.07, 6.45) is 1.81. The predicted molar refractivity (Wildman–Crippen MR) is 88.7 cm³/mol. The molecule has 1 aromatic rings. The van der Waals surface area contributed by atoms with Crippen molar-refractivity contribution in [3.63, 3.8) is 0 Å². The molecule has 1 aliphatic heterocycles. The van der Waals surface area contributed by atoms with Crippen LogP contribution in [0, 0.1) is 5.82 Å². The normalized spacial score (nSPS) is 20.9. The van der Waals surface area contributed by atoms with Crippen molar-refractivity contribution in [3.05, 3.63) is 35.1 Å². The highest BCUT2D eigenvalue weighted by Crippen LogP contribution is 2.39. The van der Waals surface area contributed by atoms with Gasteiger partial charge < -0.3 is 15.0 Å². The molecule has 6 heteroatoms. The van der Waals surface area contributed by atoms with Crippen LogP contribution in [-0.2, 0) is 9.31 Å². The Hall–Kier alpha value is -0.975. The number of rotatable bonds is 3. The van der Waals surface area contributed by atoms with E-state index in [9.17, 15) is 4.39 Å². The summed E-state index contributed by atoms with van der Waals surface area (Å²) < 4.78 is 25.4. The molecule has 2 N–H and O–H groups in total. The van der Waals surface area contributed by atoms with Crippen molar-refractivity contribution in [3.8, 4) is 0 Å². The number of anilines is 1. The molecule has 2 rings (SSSR count). The maximum absolute atomic E-state index is 13.4. The first kappa shape index (κ1) is 16.4. The Morgan fingerprint density at radius 2 is 1.81 bits per heavy atom. The van der Waals surface area contributed by atoms with Crippen molar-refractivity contribution in [2.45, 2.75) is 38.9 Å². The average Bonchev–Trinajstić information content (AvgIpc) is 2.54. The topological polar surface area (TPSA) is 44.5 Å². The smallest absolute Gasteiger partial charge is 0.400 e. The third kappa shape index (κ3) is 3.44. The van der Waals surface area contributed by atoms with E-state index in [1.54, 1.807) is 6.07 Å². The summed E-state index contributed by atoms with van der Waals surface area (Å²) in [4.78, 5) is 0. The van der Waals surface area contributed by atoms with Crippen molar-refractivity contribution in [1.82, 2.24) is 0 Å². The van der Waals surface area contributed by atoms with Crippen molar-refractivity contribution in [2.75, 3.05) is 11.5 Å². The fraction of sp³-hybridized carbons (Fsp3) is 0.467. The lowest BCUT2D eigenvalue weighted by Crippen LogP contribution is -2.41. The molecule has 0 amide bonds. The molecule has 0 aliphatic carbocycles. The molecule has 0 radical (unpaired) electrons. The fourth-order valence-corrected chi connectivity index (χ4v) is 2.36. The van der Waals surface area contributed by atoms with Crippen LogP contribution < -0.4 is 5.73 Å². The van der Waals surface area contributed by atoms with E-state index in [1.165, 1.54) is 12.1 Å². The summed E-state index contributed by atoms with van der Waals surface area (Å²) in [6.45, 7) is 7.96. The van der Waals surface area contributed by atoms with Crippen LogP contribution in [0.3, 0.4) is 0 Å². The summed E-state index contributed by atoms with van der Waals surface area (Å²) >= 11 is 4.33. The highest BCUT2D eigenvalue weighted by Gasteiger charge is 2.52. The van der Waals surface area contributed by atoms with Crippen LogP contribution in [0.15, 0.2) is 23.7 Å². The van der Waals surface area contributed by atoms with Gasteiger partial charge in [-0.25, -0.2) is 4.39 Å². The number of hydrogen-bond acceptors (Lipinski definition) is 4. The minimum atomic E-state index is -0.489. The zero-order chi connectivity index (χ0) is 15.8. The van der Waals surface area contributed by atoms with Gasteiger partial charge in [-0.05, 0) is 56.9 Å². The number of halogens is 1. The highest BCUT2D eigenvalue weighted by molar-refractivity contribution is 7.80. The molecule has 1 heterocycles. The lowest BCUT2D eigenvalue weighted by molar-refractivity contribution is 0.00578. The van der Waals surface area contributed by atoms with E-state index in [4.69, 9.17) is 15.0 Å². The van der Waals surface area contributed by atoms with Gasteiger partial charge in [0.05, 0.1) is 11.2 Å². The van der Waals surface area contributed by atoms with E-state index in [2.05, 4.69) is 12.6 Å². The Kier molecular flexibility index (Phi) is 4.43. The predicted octanol–water partition coefficient (Wildman–Crippen LogP) is 3.35. The number of benzene rings is 1. The molecule has 0 spiro atoms. The monoisotopic (exact) mass is 309 g/mol. The Morgan fingerprint density at radius 1 is 1.24 bits per heavy atom. The molecule has 0 saturated carbocycles. The molecule has 1 aliphatic rings. The molecule has 1 fully saturated rings. The molecule has 0 bridgehead atoms. The molecule has 3 nitrogen and oxygen atoms in total. The van der Waals surface area contributed by atoms with Crippen molar-refractivity contribution >= 4 is 31.5 Å². The molecule has 1 aromatic carbocycles. The van der Waals surface area contributed by atoms with Crippen LogP contribution in [0.1, 0.15) is 33.3 Å². The van der Waals surface area contributed by atoms with Crippen LogP contribution in [0.2, 0.25) is 0 Å². The first-order valence-corrected chi connectivity index (χ1v) is 7.51. The van der Waals surface area contributed by atoms with Gasteiger partial charge in [0, 0.05) is 11.4 Å². The number of nitrogen functional groups attached to an aromatic ring is 1. The van der Waals surface area contributed by atoms with Crippen LogP contribution in [0.4, 0.5) is 10.1 Å². The minimum absolute atomic E-state index is 0.367. The van der Waals surface area contributed by atoms with E-state index in [0.717, 1.165) is 5.47 Å². The summed E-state index contributed by atoms with van der Waals surface area (Å²) in [6, 6.07) is 4.41. The molecule has 0 atom stereocenters. The molecule has 0 unspecified atom stereocenters. The fourth-order valence-electron chi connectivity index (χ4n) is 2.12. The second kappa shape index (κ2) is 5.67. The summed E-state index contributed by atoms with van der Waals surface area (Å²) in [5, 5.41) is 0. The van der Waals surface area contributed by atoms with Gasteiger partial charge in [0.1, 0.15) is 5.82 Å². The van der Waals surface area contributed by atoms with E-state index >= 15 is 0 Å². The maximum Gasteiger partial charge on any atom is 0.491 e. The van der Waals surface area contributed by atoms with E-state index in [0.29, 0.717) is 17.0 Å². The van der Waals surface area contributed by atoms with E-state index < -0.39 is 18.3 Å². The average molecular weight is 309 g/mol. The van der Waals surface area contributed by atoms with Gasteiger partial charge in [0.2, 0.25) is 0 Å². The molecule has 1 saturated heterocycles. The third-order valence-corrected chi connectivity index (χ3v) is 4.40. The molecule has 114 valence electrons. The van der Waals surface area contributed by atoms with Gasteiger partial charge in [-0.1, -0.05) is 6.08 Å². The first-order chi connectivity index (χ1) is 9.64.